The lowest BCUT2D eigenvalue weighted by Gasteiger charge is -2.62. The van der Waals surface area contributed by atoms with Gasteiger partial charge >= 0.3 is 0 Å². The Labute approximate surface area is 308 Å². The monoisotopic (exact) mass is 712 g/mol. The molecule has 1 saturated heterocycles. The Morgan fingerprint density at radius 3 is 2.46 bits per heavy atom. The summed E-state index contributed by atoms with van der Waals surface area (Å²) in [7, 11) is 5.48. The van der Waals surface area contributed by atoms with E-state index in [4.69, 9.17) is 9.57 Å². The second kappa shape index (κ2) is 15.6. The highest BCUT2D eigenvalue weighted by Gasteiger charge is 2.57. The van der Waals surface area contributed by atoms with Crippen LogP contribution in [0.2, 0.25) is 0 Å². The highest BCUT2D eigenvalue weighted by molar-refractivity contribution is 5.97. The number of hydrogen-bond donors (Lipinski definition) is 4. The Kier molecular flexibility index (Phi) is 11.3. The van der Waals surface area contributed by atoms with Crippen molar-refractivity contribution in [3.63, 3.8) is 0 Å². The number of hydrogen-bond acceptors (Lipinski definition) is 8. The molecular weight excluding hydrogens is 656 g/mol. The van der Waals surface area contributed by atoms with E-state index in [1.807, 2.05) is 85.7 Å². The van der Waals surface area contributed by atoms with E-state index in [-0.39, 0.29) is 36.4 Å². The number of aliphatic hydroxyl groups is 2. The minimum Gasteiger partial charge on any atom is -0.496 e. The molecule has 0 spiro atoms. The van der Waals surface area contributed by atoms with Crippen LogP contribution in [0.3, 0.4) is 0 Å². The highest BCUT2D eigenvalue weighted by Crippen LogP contribution is 2.61. The van der Waals surface area contributed by atoms with Crippen molar-refractivity contribution in [3.05, 3.63) is 83.4 Å². The van der Waals surface area contributed by atoms with Crippen LogP contribution in [0.1, 0.15) is 62.0 Å². The summed E-state index contributed by atoms with van der Waals surface area (Å²) in [6.45, 7) is 8.91. The number of methoxy groups -OCH3 is 1. The van der Waals surface area contributed by atoms with E-state index < -0.39 is 24.2 Å². The molecule has 4 N–H and O–H groups in total. The van der Waals surface area contributed by atoms with E-state index in [9.17, 15) is 19.8 Å². The number of carbonyl (C=O) groups is 2. The zero-order chi connectivity index (χ0) is 37.3. The van der Waals surface area contributed by atoms with Gasteiger partial charge in [0, 0.05) is 55.0 Å². The number of amides is 2. The lowest BCUT2D eigenvalue weighted by atomic mass is 9.45. The van der Waals surface area contributed by atoms with Gasteiger partial charge in [-0.1, -0.05) is 69.3 Å². The summed E-state index contributed by atoms with van der Waals surface area (Å²) in [4.78, 5) is 35.9. The first-order chi connectivity index (χ1) is 24.8. The van der Waals surface area contributed by atoms with Crippen LogP contribution in [0.4, 0.5) is 5.69 Å². The van der Waals surface area contributed by atoms with Crippen molar-refractivity contribution in [2.75, 3.05) is 39.3 Å². The maximum atomic E-state index is 14.2. The van der Waals surface area contributed by atoms with E-state index in [1.54, 1.807) is 19.1 Å². The summed E-state index contributed by atoms with van der Waals surface area (Å²) in [5.74, 6) is 1.06. The molecule has 0 aromatic heterocycles. The zero-order valence-electron chi connectivity index (χ0n) is 31.6. The van der Waals surface area contributed by atoms with Crippen LogP contribution in [0, 0.1) is 29.1 Å². The van der Waals surface area contributed by atoms with Gasteiger partial charge in [0.25, 0.3) is 5.91 Å². The van der Waals surface area contributed by atoms with Gasteiger partial charge < -0.3 is 30.5 Å². The average Bonchev–Trinajstić information content (AvgIpc) is 3.51. The largest absolute Gasteiger partial charge is 0.496 e. The Balaban J connectivity index is 1.26. The second-order valence-corrected chi connectivity index (χ2v) is 15.9. The number of anilines is 1. The van der Waals surface area contributed by atoms with Crippen molar-refractivity contribution in [3.8, 4) is 16.9 Å². The summed E-state index contributed by atoms with van der Waals surface area (Å²) < 4.78 is 6.05. The van der Waals surface area contributed by atoms with E-state index >= 15 is 0 Å². The van der Waals surface area contributed by atoms with Crippen LogP contribution in [0.15, 0.2) is 66.7 Å². The molecule has 3 aliphatic carbocycles. The second-order valence-electron chi connectivity index (χ2n) is 15.9. The zero-order valence-corrected chi connectivity index (χ0v) is 31.6. The Hall–Kier alpha value is -3.96. The van der Waals surface area contributed by atoms with Crippen LogP contribution in [0.5, 0.6) is 5.75 Å². The molecule has 0 radical (unpaired) electrons. The molecule has 3 saturated carbocycles. The number of hydroxylamine groups is 2. The maximum Gasteiger partial charge on any atom is 0.251 e. The summed E-state index contributed by atoms with van der Waals surface area (Å²) in [6, 6.07) is 20.9. The predicted molar refractivity (Wildman–Crippen MR) is 203 cm³/mol. The third kappa shape index (κ3) is 7.44. The van der Waals surface area contributed by atoms with Crippen LogP contribution < -0.4 is 20.3 Å². The molecule has 1 aliphatic heterocycles. The molecule has 4 fully saturated rings. The molecule has 3 aromatic carbocycles. The van der Waals surface area contributed by atoms with E-state index in [1.165, 1.54) is 6.42 Å². The van der Waals surface area contributed by atoms with Gasteiger partial charge in [-0.15, -0.1) is 0 Å². The molecule has 2 bridgehead atoms. The van der Waals surface area contributed by atoms with Crippen LogP contribution in [-0.4, -0.2) is 85.7 Å². The molecule has 10 nitrogen and oxygen atoms in total. The molecular formula is C42H56N4O6. The number of rotatable bonds is 13. The maximum absolute atomic E-state index is 14.2. The Morgan fingerprint density at radius 1 is 1.08 bits per heavy atom. The minimum absolute atomic E-state index is 0.0422. The molecule has 52 heavy (non-hydrogen) atoms. The molecule has 2 amide bonds. The first-order valence-corrected chi connectivity index (χ1v) is 18.7. The van der Waals surface area contributed by atoms with Crippen molar-refractivity contribution >= 4 is 17.5 Å². The summed E-state index contributed by atoms with van der Waals surface area (Å²) in [6.07, 6.45) is 1.22. The first-order valence-electron chi connectivity index (χ1n) is 18.7. The van der Waals surface area contributed by atoms with Gasteiger partial charge in [0.05, 0.1) is 26.4 Å². The van der Waals surface area contributed by atoms with Crippen LogP contribution in [-0.2, 0) is 22.6 Å². The number of carbonyl (C=O) groups excluding carboxylic acids is 2. The lowest BCUT2D eigenvalue weighted by Crippen LogP contribution is -2.62. The Bertz CT molecular complexity index is 1730. The molecule has 4 aliphatic rings. The number of fused-ring (bicyclic) bond motifs is 2. The van der Waals surface area contributed by atoms with Gasteiger partial charge in [-0.05, 0) is 78.7 Å². The molecule has 280 valence electrons. The smallest absolute Gasteiger partial charge is 0.251 e. The fourth-order valence-corrected chi connectivity index (χ4v) is 9.05. The van der Waals surface area contributed by atoms with Crippen LogP contribution >= 0.6 is 0 Å². The van der Waals surface area contributed by atoms with Gasteiger partial charge in [0.15, 0.2) is 0 Å². The first kappa shape index (κ1) is 37.8. The highest BCUT2D eigenvalue weighted by atomic mass is 16.7. The van der Waals surface area contributed by atoms with Crippen molar-refractivity contribution in [2.24, 2.45) is 29.1 Å². The molecule has 0 unspecified atom stereocenters. The molecule has 1 heterocycles. The fraction of sp³-hybridized carbons (Fsp3) is 0.524. The lowest BCUT2D eigenvalue weighted by molar-refractivity contribution is -0.183. The van der Waals surface area contributed by atoms with Crippen molar-refractivity contribution in [1.82, 2.24) is 15.7 Å². The number of nitrogens with zero attached hydrogens (tertiary/aromatic N) is 2. The van der Waals surface area contributed by atoms with Gasteiger partial charge in [-0.25, -0.2) is 0 Å². The summed E-state index contributed by atoms with van der Waals surface area (Å²) in [5, 5.41) is 29.3. The topological polar surface area (TPSA) is 124 Å². The van der Waals surface area contributed by atoms with Gasteiger partial charge in [-0.2, -0.15) is 5.06 Å². The average molecular weight is 713 g/mol. The van der Waals surface area contributed by atoms with Gasteiger partial charge in [-0.3, -0.25) is 14.4 Å². The molecule has 3 aromatic rings. The van der Waals surface area contributed by atoms with E-state index in [2.05, 4.69) is 31.4 Å². The number of nitrogens with one attached hydrogen (secondary N) is 2. The summed E-state index contributed by atoms with van der Waals surface area (Å²) in [5.41, 5.74) is 5.19. The van der Waals surface area contributed by atoms with Crippen molar-refractivity contribution < 1.29 is 29.4 Å². The third-order valence-corrected chi connectivity index (χ3v) is 12.2. The molecule has 8 atom stereocenters. The van der Waals surface area contributed by atoms with Crippen molar-refractivity contribution in [1.29, 1.82) is 0 Å². The van der Waals surface area contributed by atoms with Crippen molar-refractivity contribution in [2.45, 2.75) is 77.8 Å². The van der Waals surface area contributed by atoms with E-state index in [0.29, 0.717) is 35.6 Å². The summed E-state index contributed by atoms with van der Waals surface area (Å²) >= 11 is 0. The number of ether oxygens (including phenoxy) is 1. The van der Waals surface area contributed by atoms with E-state index in [0.717, 1.165) is 40.8 Å². The SMILES string of the molecule is COc1c(CN2O[C@@H](CO)[C@H]([C@H](C)O)[C@H]2C(=O)N[C@H]2C[C@H]3C[C@@H]([C@@H]2C)C3(C)C)cccc1-c1cc(C(=O)NCCc2ccccc2)cc(N(C)C)c1. The fourth-order valence-electron chi connectivity index (χ4n) is 9.05. The normalized spacial score (nSPS) is 27.0. The number of benzene rings is 3. The number of aliphatic hydroxyl groups excluding tert-OH is 2. The molecule has 7 rings (SSSR count). The van der Waals surface area contributed by atoms with Crippen LogP contribution in [0.25, 0.3) is 11.1 Å². The predicted octanol–water partition coefficient (Wildman–Crippen LogP) is 5.06. The van der Waals surface area contributed by atoms with Gasteiger partial charge in [0.1, 0.15) is 17.9 Å². The Morgan fingerprint density at radius 2 is 1.83 bits per heavy atom. The molecule has 10 heteroatoms. The quantitative estimate of drug-likeness (QED) is 0.194. The van der Waals surface area contributed by atoms with Gasteiger partial charge in [0.2, 0.25) is 5.91 Å². The standard InChI is InChI=1S/C42H56N4O6/c1-25-34-21-31(42(34,3)4)22-35(25)44-41(50)38-37(26(2)48)36(24-47)52-46(38)23-28-14-11-15-33(39(28)51-7)29-18-30(20-32(19-29)45(5)6)40(49)43-17-16-27-12-9-8-10-13-27/h8-15,18-20,25-26,31,34-38,47-48H,16-17,21-24H2,1-7H3,(H,43,49)(H,44,50)/t25-,26-,31+,34-,35-,36-,37-,38-/m0/s1. The minimum atomic E-state index is -0.895. The third-order valence-electron chi connectivity index (χ3n) is 12.2. The number of para-hydroxylation sites is 1.